The zero-order chi connectivity index (χ0) is 33.0. The van der Waals surface area contributed by atoms with E-state index in [0.717, 1.165) is 27.9 Å². The fraction of sp³-hybridized carbons (Fsp3) is 0.222. The van der Waals surface area contributed by atoms with E-state index in [4.69, 9.17) is 53.7 Å². The second-order valence-corrected chi connectivity index (χ2v) is 14.4. The number of halogens is 3. The van der Waals surface area contributed by atoms with Crippen molar-refractivity contribution < 1.29 is 23.8 Å². The number of thioether (sulfide) groups is 1. The van der Waals surface area contributed by atoms with Crippen LogP contribution in [-0.4, -0.2) is 31.6 Å². The summed E-state index contributed by atoms with van der Waals surface area (Å²) in [5.41, 5.74) is 5.55. The predicted molar refractivity (Wildman–Crippen MR) is 186 cm³/mol. The van der Waals surface area contributed by atoms with Crippen molar-refractivity contribution in [2.75, 3.05) is 11.1 Å². The summed E-state index contributed by atoms with van der Waals surface area (Å²) >= 11 is 18.8. The molecule has 0 aliphatic carbocycles. The third-order valence-corrected chi connectivity index (χ3v) is 9.29. The highest BCUT2D eigenvalue weighted by molar-refractivity contribution is 7.99. The third-order valence-electron chi connectivity index (χ3n) is 7.86. The van der Waals surface area contributed by atoms with E-state index in [1.807, 2.05) is 91.0 Å². The number of carbonyl (C=O) groups excluding carboxylic acids is 1. The molecule has 1 saturated heterocycles. The number of alkyl halides is 3. The van der Waals surface area contributed by atoms with Gasteiger partial charge in [0.1, 0.15) is 5.69 Å². The molecule has 0 unspecified atom stereocenters. The summed E-state index contributed by atoms with van der Waals surface area (Å²) in [6, 6.07) is 34.6. The van der Waals surface area contributed by atoms with Gasteiger partial charge < -0.3 is 24.3 Å². The summed E-state index contributed by atoms with van der Waals surface area (Å²) < 4.78 is 17.4. The molecule has 1 fully saturated rings. The molecular formula is C36H31Cl3N2O5S. The number of nitrogens with one attached hydrogen (secondary N) is 1. The first-order chi connectivity index (χ1) is 22.7. The molecule has 1 aliphatic rings. The second-order valence-electron chi connectivity index (χ2n) is 11.1. The van der Waals surface area contributed by atoms with E-state index in [9.17, 15) is 9.90 Å². The minimum absolute atomic E-state index is 0.0504. The summed E-state index contributed by atoms with van der Waals surface area (Å²) in [4.78, 5) is 17.2. The number of nitrogens with zero attached hydrogens (tertiary/aromatic N) is 1. The van der Waals surface area contributed by atoms with E-state index in [0.29, 0.717) is 28.0 Å². The maximum Gasteiger partial charge on any atom is 0.276 e. The van der Waals surface area contributed by atoms with Crippen LogP contribution in [0.4, 0.5) is 5.69 Å². The van der Waals surface area contributed by atoms with Crippen molar-refractivity contribution in [2.45, 2.75) is 41.0 Å². The molecule has 2 heterocycles. The number of rotatable bonds is 9. The molecule has 5 aromatic rings. The lowest BCUT2D eigenvalue weighted by atomic mass is 9.91. The number of aliphatic hydroxyl groups excluding tert-OH is 1. The van der Waals surface area contributed by atoms with Gasteiger partial charge in [0.15, 0.2) is 12.1 Å². The van der Waals surface area contributed by atoms with Gasteiger partial charge in [-0.05, 0) is 23.3 Å². The van der Waals surface area contributed by atoms with Crippen molar-refractivity contribution in [3.8, 4) is 22.6 Å². The fourth-order valence-corrected chi connectivity index (χ4v) is 6.50. The first-order valence-corrected chi connectivity index (χ1v) is 17.0. The molecule has 47 heavy (non-hydrogen) atoms. The van der Waals surface area contributed by atoms with Crippen molar-refractivity contribution in [3.63, 3.8) is 0 Å². The monoisotopic (exact) mass is 708 g/mol. The number of ether oxygens (including phenoxy) is 2. The molecule has 0 saturated carbocycles. The van der Waals surface area contributed by atoms with Gasteiger partial charge in [-0.2, -0.15) is 0 Å². The summed E-state index contributed by atoms with van der Waals surface area (Å²) in [7, 11) is 0. The molecule has 4 aromatic carbocycles. The van der Waals surface area contributed by atoms with Crippen LogP contribution in [0.5, 0.6) is 0 Å². The van der Waals surface area contributed by atoms with Crippen molar-refractivity contribution in [1.82, 2.24) is 4.98 Å². The number of benzene rings is 4. The van der Waals surface area contributed by atoms with Gasteiger partial charge in [0.25, 0.3) is 14.9 Å². The van der Waals surface area contributed by atoms with Crippen molar-refractivity contribution in [2.24, 2.45) is 5.92 Å². The maximum absolute atomic E-state index is 12.3. The second kappa shape index (κ2) is 14.8. The van der Waals surface area contributed by atoms with Gasteiger partial charge >= 0.3 is 0 Å². The third kappa shape index (κ3) is 8.04. The zero-order valence-corrected chi connectivity index (χ0v) is 28.3. The predicted octanol–water partition coefficient (Wildman–Crippen LogP) is 9.39. The molecule has 4 atom stereocenters. The van der Waals surface area contributed by atoms with Gasteiger partial charge in [0.2, 0.25) is 0 Å². The van der Waals surface area contributed by atoms with Crippen LogP contribution in [0.3, 0.4) is 0 Å². The van der Waals surface area contributed by atoms with E-state index in [2.05, 4.69) is 12.2 Å². The van der Waals surface area contributed by atoms with Crippen molar-refractivity contribution in [3.05, 3.63) is 126 Å². The molecule has 0 spiro atoms. The van der Waals surface area contributed by atoms with Gasteiger partial charge in [0.05, 0.1) is 18.8 Å². The number of carbonyl (C=O) groups is 1. The average Bonchev–Trinajstić information content (AvgIpc) is 3.53. The molecule has 7 nitrogen and oxygen atoms in total. The number of anilines is 1. The first kappa shape index (κ1) is 33.6. The fourth-order valence-electron chi connectivity index (χ4n) is 5.37. The van der Waals surface area contributed by atoms with Crippen LogP contribution in [-0.2, 0) is 20.9 Å². The van der Waals surface area contributed by atoms with Crippen molar-refractivity contribution in [1.29, 1.82) is 0 Å². The standard InChI is InChI=1S/C36H31Cl3N2O5S/c1-22-29(21-47-35-41-30(24-9-4-2-5-10-24)32(46-35)25-11-6-3-7-12-25)44-33(45-31(22)26-17-15-23(20-42)16-18-26)27-13-8-14-28(19-27)40-34(43)36(37,38)39/h2-19,22,29,31,33,42H,20-21H2,1H3,(H,40,43)/t22-,29+,31+,33+/m0/s1. The summed E-state index contributed by atoms with van der Waals surface area (Å²) in [5.74, 6) is 0.390. The smallest absolute Gasteiger partial charge is 0.276 e. The zero-order valence-electron chi connectivity index (χ0n) is 25.2. The van der Waals surface area contributed by atoms with Gasteiger partial charge in [-0.25, -0.2) is 4.98 Å². The highest BCUT2D eigenvalue weighted by Crippen LogP contribution is 2.44. The average molecular weight is 710 g/mol. The Morgan fingerprint density at radius 2 is 1.55 bits per heavy atom. The molecule has 1 aromatic heterocycles. The van der Waals surface area contributed by atoms with E-state index >= 15 is 0 Å². The molecule has 11 heteroatoms. The molecule has 242 valence electrons. The SMILES string of the molecule is C[C@H]1[C@@H](CSc2nc(-c3ccccc3)c(-c3ccccc3)o2)O[C@@H](c2cccc(NC(=O)C(Cl)(Cl)Cl)c2)O[C@H]1c1ccc(CO)cc1. The van der Waals surface area contributed by atoms with Gasteiger partial charge in [-0.3, -0.25) is 4.79 Å². The van der Waals surface area contributed by atoms with Gasteiger partial charge in [-0.15, -0.1) is 0 Å². The van der Waals surface area contributed by atoms with Crippen LogP contribution < -0.4 is 5.32 Å². The Hall–Kier alpha value is -3.34. The lowest BCUT2D eigenvalue weighted by Gasteiger charge is -2.41. The topological polar surface area (TPSA) is 93.8 Å². The molecule has 6 rings (SSSR count). The van der Waals surface area contributed by atoms with Crippen LogP contribution >= 0.6 is 46.6 Å². The normalized spacial score (nSPS) is 19.8. The van der Waals surface area contributed by atoms with Gasteiger partial charge in [0, 0.05) is 34.0 Å². The Labute approximate surface area is 292 Å². The molecule has 2 N–H and O–H groups in total. The van der Waals surface area contributed by atoms with Gasteiger partial charge in [-0.1, -0.05) is 151 Å². The number of oxazole rings is 1. The van der Waals surface area contributed by atoms with E-state index in [-0.39, 0.29) is 24.7 Å². The van der Waals surface area contributed by atoms with Crippen LogP contribution in [0.25, 0.3) is 22.6 Å². The van der Waals surface area contributed by atoms with E-state index in [1.54, 1.807) is 18.2 Å². The molecular weight excluding hydrogens is 679 g/mol. The number of amides is 1. The largest absolute Gasteiger partial charge is 0.431 e. The number of aliphatic hydroxyl groups is 1. The van der Waals surface area contributed by atoms with Crippen LogP contribution in [0, 0.1) is 5.92 Å². The number of hydrogen-bond acceptors (Lipinski definition) is 7. The Morgan fingerprint density at radius 3 is 2.21 bits per heavy atom. The first-order valence-electron chi connectivity index (χ1n) is 14.9. The Bertz CT molecular complexity index is 1740. The Morgan fingerprint density at radius 1 is 0.872 bits per heavy atom. The molecule has 0 bridgehead atoms. The number of aromatic nitrogens is 1. The minimum Gasteiger partial charge on any atom is -0.431 e. The molecule has 1 aliphatic heterocycles. The van der Waals surface area contributed by atoms with Crippen molar-refractivity contribution >= 4 is 58.2 Å². The maximum atomic E-state index is 12.3. The summed E-state index contributed by atoms with van der Waals surface area (Å²) in [6.07, 6.45) is -1.39. The lowest BCUT2D eigenvalue weighted by Crippen LogP contribution is -2.38. The van der Waals surface area contributed by atoms with Crippen LogP contribution in [0.1, 0.15) is 36.0 Å². The summed E-state index contributed by atoms with van der Waals surface area (Å²) in [6.45, 7) is 2.04. The molecule has 0 radical (unpaired) electrons. The highest BCUT2D eigenvalue weighted by Gasteiger charge is 2.39. The summed E-state index contributed by atoms with van der Waals surface area (Å²) in [5, 5.41) is 12.7. The van der Waals surface area contributed by atoms with Crippen LogP contribution in [0.15, 0.2) is 119 Å². The minimum atomic E-state index is -2.11. The van der Waals surface area contributed by atoms with E-state index in [1.165, 1.54) is 11.8 Å². The van der Waals surface area contributed by atoms with Crippen LogP contribution in [0.2, 0.25) is 0 Å². The highest BCUT2D eigenvalue weighted by atomic mass is 35.6. The molecule has 1 amide bonds. The quantitative estimate of drug-likeness (QED) is 0.116. The Balaban J connectivity index is 1.28. The lowest BCUT2D eigenvalue weighted by molar-refractivity contribution is -0.268. The Kier molecular flexibility index (Phi) is 10.6. The number of hydrogen-bond donors (Lipinski definition) is 2. The van der Waals surface area contributed by atoms with E-state index < -0.39 is 16.0 Å².